The van der Waals surface area contributed by atoms with Gasteiger partial charge in [0.25, 0.3) is 0 Å². The van der Waals surface area contributed by atoms with Gasteiger partial charge in [0, 0.05) is 0 Å². The number of benzene rings is 4. The molecule has 0 spiro atoms. The Morgan fingerprint density at radius 1 is 0.694 bits per heavy atom. The van der Waals surface area contributed by atoms with E-state index in [2.05, 4.69) is 0 Å². The fourth-order valence-electron chi connectivity index (χ4n) is 4.15. The van der Waals surface area contributed by atoms with Crippen molar-refractivity contribution in [1.29, 1.82) is 0 Å². The van der Waals surface area contributed by atoms with Gasteiger partial charge < -0.3 is 29.2 Å². The van der Waals surface area contributed by atoms with Gasteiger partial charge >= 0.3 is 18.0 Å². The highest BCUT2D eigenvalue weighted by Crippen LogP contribution is 2.26. The molecule has 0 saturated heterocycles. The highest BCUT2D eigenvalue weighted by atomic mass is 16.6. The Morgan fingerprint density at radius 2 is 1.20 bits per heavy atom. The number of carboxylic acids is 1. The first-order chi connectivity index (χ1) is 23.5. The van der Waals surface area contributed by atoms with Crippen molar-refractivity contribution in [3.8, 4) is 11.5 Å². The predicted molar refractivity (Wildman–Crippen MR) is 189 cm³/mol. The fraction of sp³-hybridized carbons (Fsp3) is 0.205. The van der Waals surface area contributed by atoms with Gasteiger partial charge in [-0.25, -0.2) is 19.3 Å². The number of rotatable bonds is 13. The van der Waals surface area contributed by atoms with Crippen LogP contribution in [0.3, 0.4) is 0 Å². The van der Waals surface area contributed by atoms with Gasteiger partial charge in [-0.05, 0) is 86.5 Å². The number of ether oxygens (including phenoxy) is 4. The molecule has 0 aliphatic rings. The topological polar surface area (TPSA) is 132 Å². The number of aliphatic hydroxyl groups is 1. The van der Waals surface area contributed by atoms with E-state index in [9.17, 15) is 14.4 Å². The molecule has 0 fully saturated rings. The van der Waals surface area contributed by atoms with Crippen LogP contribution in [0.4, 0.5) is 16.2 Å². The smallest absolute Gasteiger partial charge is 0.419 e. The summed E-state index contributed by atoms with van der Waals surface area (Å²) in [5.41, 5.74) is 2.61. The third-order valence-corrected chi connectivity index (χ3v) is 6.10. The van der Waals surface area contributed by atoms with Gasteiger partial charge in [0.15, 0.2) is 13.2 Å². The summed E-state index contributed by atoms with van der Waals surface area (Å²) in [4.78, 5) is 36.4. The summed E-state index contributed by atoms with van der Waals surface area (Å²) >= 11 is 0. The minimum Gasteiger partial charge on any atom is -0.482 e. The van der Waals surface area contributed by atoms with Crippen molar-refractivity contribution in [2.24, 2.45) is 0 Å². The van der Waals surface area contributed by atoms with Gasteiger partial charge in [-0.15, -0.1) is 0 Å². The first-order valence-electron chi connectivity index (χ1n) is 15.4. The molecule has 4 aromatic carbocycles. The van der Waals surface area contributed by atoms with Crippen molar-refractivity contribution >= 4 is 41.6 Å². The summed E-state index contributed by atoms with van der Waals surface area (Å²) in [6, 6.07) is 32.8. The molecule has 4 aromatic rings. The van der Waals surface area contributed by atoms with Gasteiger partial charge in [0.05, 0.1) is 18.0 Å². The maximum Gasteiger partial charge on any atom is 0.419 e. The number of hydrogen-bond acceptors (Lipinski definition) is 8. The summed E-state index contributed by atoms with van der Waals surface area (Å²) in [7, 11) is 0. The van der Waals surface area contributed by atoms with E-state index < -0.39 is 30.2 Å². The van der Waals surface area contributed by atoms with Crippen molar-refractivity contribution in [2.45, 2.75) is 26.4 Å². The minimum absolute atomic E-state index is 0.0109. The summed E-state index contributed by atoms with van der Waals surface area (Å²) in [5, 5.41) is 17.4. The molecule has 0 atom stereocenters. The van der Waals surface area contributed by atoms with Crippen LogP contribution in [0.25, 0.3) is 12.2 Å². The van der Waals surface area contributed by atoms with Crippen LogP contribution in [0, 0.1) is 0 Å². The van der Waals surface area contributed by atoms with E-state index in [0.29, 0.717) is 22.9 Å². The van der Waals surface area contributed by atoms with Crippen molar-refractivity contribution in [3.05, 3.63) is 132 Å². The maximum atomic E-state index is 12.8. The quantitative estimate of drug-likeness (QED) is 0.139. The Labute approximate surface area is 286 Å². The van der Waals surface area contributed by atoms with Crippen molar-refractivity contribution < 1.29 is 43.5 Å². The number of esters is 1. The summed E-state index contributed by atoms with van der Waals surface area (Å²) < 4.78 is 21.1. The number of aliphatic carboxylic acids is 1. The van der Waals surface area contributed by atoms with E-state index in [1.54, 1.807) is 54.6 Å². The van der Waals surface area contributed by atoms with Crippen molar-refractivity contribution in [3.63, 3.8) is 0 Å². The van der Waals surface area contributed by atoms with Gasteiger partial charge in [-0.1, -0.05) is 78.9 Å². The molecular formula is C39H41NO9. The number of nitrogens with zero attached hydrogens (tertiary/aromatic N) is 1. The number of amides is 1. The van der Waals surface area contributed by atoms with Crippen LogP contribution < -0.4 is 14.4 Å². The number of hydrogen-bond donors (Lipinski definition) is 2. The summed E-state index contributed by atoms with van der Waals surface area (Å²) in [6.07, 6.45) is 6.40. The van der Waals surface area contributed by atoms with Crippen LogP contribution in [0.5, 0.6) is 11.5 Å². The van der Waals surface area contributed by atoms with Gasteiger partial charge in [-0.2, -0.15) is 0 Å². The highest BCUT2D eigenvalue weighted by molar-refractivity contribution is 5.96. The lowest BCUT2D eigenvalue weighted by molar-refractivity contribution is -0.157. The molecule has 1 amide bonds. The van der Waals surface area contributed by atoms with E-state index >= 15 is 0 Å². The van der Waals surface area contributed by atoms with Crippen LogP contribution in [-0.2, 0) is 19.1 Å². The van der Waals surface area contributed by atoms with Crippen LogP contribution in [0.2, 0.25) is 0 Å². The summed E-state index contributed by atoms with van der Waals surface area (Å²) in [5.74, 6) is -0.394. The Kier molecular flexibility index (Phi) is 15.1. The van der Waals surface area contributed by atoms with E-state index in [1.807, 2.05) is 99.6 Å². The zero-order chi connectivity index (χ0) is 35.5. The standard InChI is InChI=1S/C24H21NO5.C15H20O4/c26-23(27)18-30-22-15-7-9-19(17-22)10-8-16-29-24(28)25(20-11-3-1-4-12-20)21-13-5-2-6-14-21;1-15(2,3)19-14(17)11-18-13-8-4-6-12(10-13)7-5-9-16/h1-15,17H,16,18H2,(H,26,27);4-8,10,16H,9,11H2,1-3H3/b10-8+;7-5+. The van der Waals surface area contributed by atoms with Gasteiger partial charge in [0.2, 0.25) is 0 Å². The number of para-hydroxylation sites is 2. The lowest BCUT2D eigenvalue weighted by atomic mass is 10.2. The molecule has 0 aliphatic heterocycles. The highest BCUT2D eigenvalue weighted by Gasteiger charge is 2.19. The molecule has 10 heteroatoms. The lowest BCUT2D eigenvalue weighted by Crippen LogP contribution is -2.27. The molecule has 0 unspecified atom stereocenters. The Bertz CT molecular complexity index is 1640. The molecule has 0 aromatic heterocycles. The molecule has 256 valence electrons. The normalized spacial score (nSPS) is 10.9. The molecule has 4 rings (SSSR count). The zero-order valence-corrected chi connectivity index (χ0v) is 27.7. The van der Waals surface area contributed by atoms with Gasteiger partial charge in [-0.3, -0.25) is 0 Å². The SMILES string of the molecule is CC(C)(C)OC(=O)COc1cccc(/C=C/CO)c1.O=C(O)COc1cccc(/C=C/COC(=O)N(c2ccccc2)c2ccccc2)c1. The Morgan fingerprint density at radius 3 is 1.69 bits per heavy atom. The van der Waals surface area contributed by atoms with Gasteiger partial charge in [0.1, 0.15) is 23.7 Å². The van der Waals surface area contributed by atoms with Crippen LogP contribution in [0.1, 0.15) is 31.9 Å². The molecule has 0 radical (unpaired) electrons. The van der Waals surface area contributed by atoms with Crippen LogP contribution in [-0.4, -0.2) is 60.3 Å². The maximum absolute atomic E-state index is 12.8. The third kappa shape index (κ3) is 14.6. The first-order valence-corrected chi connectivity index (χ1v) is 15.4. The second kappa shape index (κ2) is 19.7. The van der Waals surface area contributed by atoms with E-state index in [1.165, 1.54) is 4.90 Å². The van der Waals surface area contributed by atoms with Crippen LogP contribution >= 0.6 is 0 Å². The molecular weight excluding hydrogens is 626 g/mol. The number of carbonyl (C=O) groups is 3. The van der Waals surface area contributed by atoms with Crippen molar-refractivity contribution in [1.82, 2.24) is 0 Å². The van der Waals surface area contributed by atoms with Crippen molar-refractivity contribution in [2.75, 3.05) is 31.3 Å². The van der Waals surface area contributed by atoms with Crippen LogP contribution in [0.15, 0.2) is 121 Å². The number of anilines is 2. The van der Waals surface area contributed by atoms with E-state index in [4.69, 9.17) is 29.2 Å². The lowest BCUT2D eigenvalue weighted by Gasteiger charge is -2.22. The minimum atomic E-state index is -1.04. The number of carbonyl (C=O) groups excluding carboxylic acids is 2. The predicted octanol–water partition coefficient (Wildman–Crippen LogP) is 7.55. The second-order valence-electron chi connectivity index (χ2n) is 11.3. The number of carboxylic acid groups (broad SMARTS) is 1. The average molecular weight is 668 g/mol. The average Bonchev–Trinajstić information content (AvgIpc) is 3.08. The third-order valence-electron chi connectivity index (χ3n) is 6.10. The molecule has 0 bridgehead atoms. The Balaban J connectivity index is 0.000000295. The molecule has 10 nitrogen and oxygen atoms in total. The van der Waals surface area contributed by atoms with E-state index in [-0.39, 0.29) is 19.8 Å². The summed E-state index contributed by atoms with van der Waals surface area (Å²) in [6.45, 7) is 4.98. The Hall–Kier alpha value is -5.87. The monoisotopic (exact) mass is 667 g/mol. The second-order valence-corrected chi connectivity index (χ2v) is 11.3. The molecule has 2 N–H and O–H groups in total. The molecule has 0 saturated carbocycles. The number of aliphatic hydroxyl groups excluding tert-OH is 1. The first kappa shape index (κ1) is 37.6. The molecule has 0 aliphatic carbocycles. The fourth-order valence-corrected chi connectivity index (χ4v) is 4.15. The zero-order valence-electron chi connectivity index (χ0n) is 27.7. The van der Waals surface area contributed by atoms with E-state index in [0.717, 1.165) is 11.1 Å². The molecule has 49 heavy (non-hydrogen) atoms. The molecule has 0 heterocycles. The largest absolute Gasteiger partial charge is 0.482 e.